The van der Waals surface area contributed by atoms with Gasteiger partial charge in [0, 0.05) is 6.54 Å². The van der Waals surface area contributed by atoms with Crippen LogP contribution in [0.25, 0.3) is 0 Å². The Balaban J connectivity index is 0.00000225. The SMILES string of the molecule is N#C/C(=N\[O-])C(=O)NCc1ccccc1.[Na+]. The molecule has 16 heavy (non-hydrogen) atoms. The van der Waals surface area contributed by atoms with Gasteiger partial charge < -0.3 is 15.7 Å². The Kier molecular flexibility index (Phi) is 7.21. The Morgan fingerprint density at radius 3 is 2.56 bits per heavy atom. The summed E-state index contributed by atoms with van der Waals surface area (Å²) in [6.07, 6.45) is 0. The van der Waals surface area contributed by atoms with Crippen molar-refractivity contribution in [2.45, 2.75) is 6.54 Å². The molecule has 1 rings (SSSR count). The summed E-state index contributed by atoms with van der Waals surface area (Å²) in [5, 5.41) is 23.1. The number of hydrogen-bond acceptors (Lipinski definition) is 4. The molecule has 0 fully saturated rings. The number of benzene rings is 1. The van der Waals surface area contributed by atoms with E-state index < -0.39 is 11.6 Å². The van der Waals surface area contributed by atoms with Crippen LogP contribution in [0.15, 0.2) is 35.5 Å². The molecular weight excluding hydrogens is 217 g/mol. The van der Waals surface area contributed by atoms with Gasteiger partial charge in [-0.15, -0.1) is 0 Å². The molecule has 1 aromatic rings. The van der Waals surface area contributed by atoms with Crippen LogP contribution in [-0.2, 0) is 11.3 Å². The maximum absolute atomic E-state index is 11.1. The van der Waals surface area contributed by atoms with Gasteiger partial charge in [-0.1, -0.05) is 30.3 Å². The third-order valence-corrected chi connectivity index (χ3v) is 1.71. The number of nitrogens with zero attached hydrogens (tertiary/aromatic N) is 2. The van der Waals surface area contributed by atoms with Crippen molar-refractivity contribution in [1.82, 2.24) is 5.32 Å². The Hall–Kier alpha value is -1.35. The number of nitriles is 1. The predicted molar refractivity (Wildman–Crippen MR) is 54.7 cm³/mol. The molecule has 0 aliphatic rings. The molecule has 1 amide bonds. The molecule has 0 saturated carbocycles. The van der Waals surface area contributed by atoms with Crippen molar-refractivity contribution in [1.29, 1.82) is 5.26 Å². The largest absolute Gasteiger partial charge is 1.00 e. The molecule has 6 heteroatoms. The van der Waals surface area contributed by atoms with Crippen LogP contribution in [0.2, 0.25) is 0 Å². The Labute approximate surface area is 115 Å². The average Bonchev–Trinajstić information content (AvgIpc) is 2.29. The van der Waals surface area contributed by atoms with Gasteiger partial charge in [0.1, 0.15) is 6.07 Å². The van der Waals surface area contributed by atoms with Gasteiger partial charge >= 0.3 is 29.6 Å². The first-order valence-electron chi connectivity index (χ1n) is 4.20. The molecule has 0 spiro atoms. The standard InChI is InChI=1S/C10H9N3O2.Na/c11-6-9(13-15)10(14)12-7-8-4-2-1-3-5-8;/h1-5,15H,7H2,(H,12,14);/q;+1/p-1/b13-9+;. The number of carbonyl (C=O) groups is 1. The first-order valence-corrected chi connectivity index (χ1v) is 4.20. The first kappa shape index (κ1) is 14.6. The van der Waals surface area contributed by atoms with E-state index in [0.29, 0.717) is 0 Å². The van der Waals surface area contributed by atoms with E-state index in [4.69, 9.17) is 5.26 Å². The molecule has 1 N–H and O–H groups in total. The maximum Gasteiger partial charge on any atom is 1.00 e. The molecule has 0 radical (unpaired) electrons. The summed E-state index contributed by atoms with van der Waals surface area (Å²) in [5.74, 6) is -0.753. The molecule has 0 unspecified atom stereocenters. The van der Waals surface area contributed by atoms with Crippen LogP contribution >= 0.6 is 0 Å². The topological polar surface area (TPSA) is 88.3 Å². The maximum atomic E-state index is 11.1. The summed E-state index contributed by atoms with van der Waals surface area (Å²) < 4.78 is 0. The predicted octanol–water partition coefficient (Wildman–Crippen LogP) is -2.23. The van der Waals surface area contributed by atoms with E-state index in [-0.39, 0.29) is 36.1 Å². The number of amides is 1. The number of nitrogens with one attached hydrogen (secondary N) is 1. The van der Waals surface area contributed by atoms with Crippen LogP contribution < -0.4 is 34.9 Å². The molecule has 1 aromatic carbocycles. The summed E-state index contributed by atoms with van der Waals surface area (Å²) in [6.45, 7) is 0.264. The number of rotatable bonds is 3. The molecule has 0 atom stereocenters. The fraction of sp³-hybridized carbons (Fsp3) is 0.100. The van der Waals surface area contributed by atoms with Gasteiger partial charge in [-0.3, -0.25) is 4.79 Å². The molecule has 0 bridgehead atoms. The van der Waals surface area contributed by atoms with E-state index in [2.05, 4.69) is 10.5 Å². The van der Waals surface area contributed by atoms with Gasteiger partial charge in [-0.25, -0.2) is 0 Å². The van der Waals surface area contributed by atoms with Gasteiger partial charge in [0.25, 0.3) is 5.91 Å². The molecule has 0 aromatic heterocycles. The summed E-state index contributed by atoms with van der Waals surface area (Å²) in [6, 6.07) is 10.6. The minimum Gasteiger partial charge on any atom is -0.791 e. The quantitative estimate of drug-likeness (QED) is 0.358. The van der Waals surface area contributed by atoms with E-state index in [1.165, 1.54) is 6.07 Å². The summed E-state index contributed by atoms with van der Waals surface area (Å²) in [5.41, 5.74) is 0.222. The Morgan fingerprint density at radius 1 is 1.44 bits per heavy atom. The second-order valence-electron chi connectivity index (χ2n) is 2.72. The zero-order chi connectivity index (χ0) is 11.1. The van der Waals surface area contributed by atoms with Gasteiger partial charge in [-0.05, 0) is 5.56 Å². The van der Waals surface area contributed by atoms with Gasteiger partial charge in [0.05, 0.1) is 0 Å². The molecule has 0 aliphatic heterocycles. The second-order valence-corrected chi connectivity index (χ2v) is 2.72. The molecule has 76 valence electrons. The fourth-order valence-electron chi connectivity index (χ4n) is 0.975. The Morgan fingerprint density at radius 2 is 2.06 bits per heavy atom. The van der Waals surface area contributed by atoms with Crippen molar-refractivity contribution >= 4 is 11.6 Å². The van der Waals surface area contributed by atoms with Gasteiger partial charge in [0.2, 0.25) is 0 Å². The van der Waals surface area contributed by atoms with Crippen molar-refractivity contribution in [3.63, 3.8) is 0 Å². The zero-order valence-electron chi connectivity index (χ0n) is 8.80. The van der Waals surface area contributed by atoms with Crippen molar-refractivity contribution in [2.75, 3.05) is 0 Å². The smallest absolute Gasteiger partial charge is 0.791 e. The van der Waals surface area contributed by atoms with Crippen LogP contribution in [0, 0.1) is 16.5 Å². The third-order valence-electron chi connectivity index (χ3n) is 1.71. The number of carbonyl (C=O) groups excluding carboxylic acids is 1. The summed E-state index contributed by atoms with van der Waals surface area (Å²) in [7, 11) is 0. The van der Waals surface area contributed by atoms with Crippen LogP contribution in [0.1, 0.15) is 5.56 Å². The van der Waals surface area contributed by atoms with E-state index in [0.717, 1.165) is 5.56 Å². The minimum absolute atomic E-state index is 0. The van der Waals surface area contributed by atoms with Crippen LogP contribution in [0.4, 0.5) is 0 Å². The molecule has 0 saturated heterocycles. The molecule has 0 aliphatic carbocycles. The molecule has 5 nitrogen and oxygen atoms in total. The van der Waals surface area contributed by atoms with Crippen molar-refractivity contribution in [2.24, 2.45) is 5.16 Å². The minimum atomic E-state index is -0.753. The Bertz CT molecular complexity index is 412. The van der Waals surface area contributed by atoms with Crippen LogP contribution in [0.3, 0.4) is 0 Å². The third kappa shape index (κ3) is 4.45. The van der Waals surface area contributed by atoms with E-state index in [1.54, 1.807) is 0 Å². The average molecular weight is 225 g/mol. The second kappa shape index (κ2) is 7.88. The van der Waals surface area contributed by atoms with Crippen molar-refractivity contribution in [3.8, 4) is 6.07 Å². The first-order chi connectivity index (χ1) is 7.27. The monoisotopic (exact) mass is 225 g/mol. The van der Waals surface area contributed by atoms with Crippen LogP contribution in [-0.4, -0.2) is 11.6 Å². The number of hydrogen-bond donors (Lipinski definition) is 1. The molecular formula is C10H8N3NaO2. The zero-order valence-corrected chi connectivity index (χ0v) is 10.8. The van der Waals surface area contributed by atoms with E-state index >= 15 is 0 Å². The van der Waals surface area contributed by atoms with E-state index in [9.17, 15) is 10.0 Å². The van der Waals surface area contributed by atoms with Gasteiger partial charge in [0.15, 0.2) is 5.71 Å². The normalized spacial score (nSPS) is 9.81. The summed E-state index contributed by atoms with van der Waals surface area (Å²) >= 11 is 0. The van der Waals surface area contributed by atoms with Crippen molar-refractivity contribution in [3.05, 3.63) is 41.1 Å². The van der Waals surface area contributed by atoms with Crippen LogP contribution in [0.5, 0.6) is 0 Å². The summed E-state index contributed by atoms with van der Waals surface area (Å²) in [4.78, 5) is 11.1. The fourth-order valence-corrected chi connectivity index (χ4v) is 0.975. The molecule has 0 heterocycles. The van der Waals surface area contributed by atoms with Crippen molar-refractivity contribution < 1.29 is 34.4 Å². The van der Waals surface area contributed by atoms with E-state index in [1.807, 2.05) is 30.3 Å². The van der Waals surface area contributed by atoms with Gasteiger partial charge in [-0.2, -0.15) is 5.26 Å².